The van der Waals surface area contributed by atoms with Gasteiger partial charge in [0.25, 0.3) is 0 Å². The van der Waals surface area contributed by atoms with Crippen molar-refractivity contribution in [2.75, 3.05) is 0 Å². The van der Waals surface area contributed by atoms with Crippen LogP contribution in [0.5, 0.6) is 5.75 Å². The maximum atomic E-state index is 13.4. The van der Waals surface area contributed by atoms with Gasteiger partial charge >= 0.3 is 6.61 Å². The number of Topliss-reactive ketones (excluding diaryl/α,β-unsaturated/α-hetero) is 1. The molecule has 1 atom stereocenters. The second-order valence-corrected chi connectivity index (χ2v) is 3.92. The lowest BCUT2D eigenvalue weighted by Gasteiger charge is -2.14. The molecule has 6 heteroatoms. The van der Waals surface area contributed by atoms with Crippen molar-refractivity contribution in [2.24, 2.45) is 0 Å². The van der Waals surface area contributed by atoms with Gasteiger partial charge < -0.3 is 4.74 Å². The smallest absolute Gasteiger partial charge is 0.387 e. The van der Waals surface area contributed by atoms with Crippen LogP contribution in [0.3, 0.4) is 0 Å². The van der Waals surface area contributed by atoms with Crippen LogP contribution in [0.2, 0.25) is 0 Å². The molecule has 1 aromatic carbocycles. The maximum Gasteiger partial charge on any atom is 0.387 e. The summed E-state index contributed by atoms with van der Waals surface area (Å²) in [5.41, 5.74) is -0.213. The molecule has 0 aromatic heterocycles. The lowest BCUT2D eigenvalue weighted by molar-refractivity contribution is -0.116. The molecule has 0 aliphatic rings. The van der Waals surface area contributed by atoms with Gasteiger partial charge in [0.05, 0.1) is 5.56 Å². The summed E-state index contributed by atoms with van der Waals surface area (Å²) in [4.78, 5) is 10.1. The predicted molar refractivity (Wildman–Crippen MR) is 55.4 cm³/mol. The first kappa shape index (κ1) is 13.0. The van der Waals surface area contributed by atoms with Crippen molar-refractivity contribution in [3.05, 3.63) is 29.6 Å². The Labute approximate surface area is 98.5 Å². The zero-order chi connectivity index (χ0) is 12.3. The number of ketones is 1. The topological polar surface area (TPSA) is 26.3 Å². The molecule has 0 N–H and O–H groups in total. The summed E-state index contributed by atoms with van der Waals surface area (Å²) in [5.74, 6) is -1.51. The minimum atomic E-state index is -3.06. The average molecular weight is 297 g/mol. The van der Waals surface area contributed by atoms with Crippen molar-refractivity contribution in [3.8, 4) is 5.75 Å². The quantitative estimate of drug-likeness (QED) is 0.796. The summed E-state index contributed by atoms with van der Waals surface area (Å²) in [7, 11) is 0. The summed E-state index contributed by atoms with van der Waals surface area (Å²) in [6.45, 7) is -1.84. The van der Waals surface area contributed by atoms with Crippen LogP contribution in [0.25, 0.3) is 0 Å². The Hall–Kier alpha value is -1.04. The zero-order valence-corrected chi connectivity index (χ0v) is 9.80. The Balaban J connectivity index is 3.17. The van der Waals surface area contributed by atoms with Crippen LogP contribution in [0, 0.1) is 5.82 Å². The van der Waals surface area contributed by atoms with E-state index in [1.807, 2.05) is 0 Å². The fourth-order valence-corrected chi connectivity index (χ4v) is 1.61. The van der Waals surface area contributed by atoms with Gasteiger partial charge in [0, 0.05) is 0 Å². The first-order chi connectivity index (χ1) is 7.43. The van der Waals surface area contributed by atoms with Gasteiger partial charge in [0.2, 0.25) is 0 Å². The third-order valence-electron chi connectivity index (χ3n) is 1.84. The van der Waals surface area contributed by atoms with Crippen molar-refractivity contribution in [1.82, 2.24) is 0 Å². The minimum Gasteiger partial charge on any atom is -0.434 e. The molecule has 0 aliphatic heterocycles. The monoisotopic (exact) mass is 296 g/mol. The summed E-state index contributed by atoms with van der Waals surface area (Å²) in [6.07, 6.45) is 0. The van der Waals surface area contributed by atoms with Crippen LogP contribution in [0.1, 0.15) is 17.3 Å². The Morgan fingerprint density at radius 2 is 2.06 bits per heavy atom. The highest BCUT2D eigenvalue weighted by molar-refractivity contribution is 9.09. The van der Waals surface area contributed by atoms with E-state index in [0.29, 0.717) is 0 Å². The number of alkyl halides is 3. The van der Waals surface area contributed by atoms with E-state index in [9.17, 15) is 18.0 Å². The summed E-state index contributed by atoms with van der Waals surface area (Å²) >= 11 is 2.93. The Morgan fingerprint density at radius 1 is 1.44 bits per heavy atom. The number of carbonyl (C=O) groups is 1. The van der Waals surface area contributed by atoms with Gasteiger partial charge in [0.1, 0.15) is 22.2 Å². The SMILES string of the molecule is CC(=O)C(Br)c1c(F)cccc1OC(F)F. The van der Waals surface area contributed by atoms with E-state index in [1.54, 1.807) is 0 Å². The molecular weight excluding hydrogens is 289 g/mol. The molecule has 16 heavy (non-hydrogen) atoms. The van der Waals surface area contributed by atoms with Gasteiger partial charge in [-0.3, -0.25) is 4.79 Å². The maximum absolute atomic E-state index is 13.4. The number of carbonyl (C=O) groups excluding carboxylic acids is 1. The molecule has 2 nitrogen and oxygen atoms in total. The Morgan fingerprint density at radius 3 is 2.56 bits per heavy atom. The highest BCUT2D eigenvalue weighted by atomic mass is 79.9. The van der Waals surface area contributed by atoms with E-state index < -0.39 is 23.0 Å². The van der Waals surface area contributed by atoms with Gasteiger partial charge in [-0.15, -0.1) is 0 Å². The van der Waals surface area contributed by atoms with Crippen molar-refractivity contribution in [3.63, 3.8) is 0 Å². The number of ether oxygens (including phenoxy) is 1. The third-order valence-corrected chi connectivity index (χ3v) is 2.94. The Kier molecular flexibility index (Phi) is 4.35. The number of benzene rings is 1. The fourth-order valence-electron chi connectivity index (χ4n) is 1.17. The van der Waals surface area contributed by atoms with E-state index >= 15 is 0 Å². The molecule has 0 spiro atoms. The lowest BCUT2D eigenvalue weighted by atomic mass is 10.1. The molecule has 0 heterocycles. The van der Waals surface area contributed by atoms with Gasteiger partial charge in [-0.05, 0) is 19.1 Å². The van der Waals surface area contributed by atoms with E-state index in [0.717, 1.165) is 6.07 Å². The number of rotatable bonds is 4. The summed E-state index contributed by atoms with van der Waals surface area (Å²) < 4.78 is 41.6. The van der Waals surface area contributed by atoms with E-state index in [2.05, 4.69) is 20.7 Å². The molecule has 0 saturated heterocycles. The van der Waals surface area contributed by atoms with E-state index in [1.165, 1.54) is 19.1 Å². The largest absolute Gasteiger partial charge is 0.434 e. The minimum absolute atomic E-state index is 0.213. The molecule has 0 bridgehead atoms. The lowest BCUT2D eigenvalue weighted by Crippen LogP contribution is -2.10. The number of hydrogen-bond acceptors (Lipinski definition) is 2. The molecular formula is C10H8BrF3O2. The highest BCUT2D eigenvalue weighted by Crippen LogP contribution is 2.34. The highest BCUT2D eigenvalue weighted by Gasteiger charge is 2.23. The second-order valence-electron chi connectivity index (χ2n) is 3.00. The van der Waals surface area contributed by atoms with E-state index in [4.69, 9.17) is 0 Å². The average Bonchev–Trinajstić information content (AvgIpc) is 2.16. The summed E-state index contributed by atoms with van der Waals surface area (Å²) in [6, 6.07) is 3.49. The zero-order valence-electron chi connectivity index (χ0n) is 8.22. The van der Waals surface area contributed by atoms with Crippen molar-refractivity contribution in [2.45, 2.75) is 18.4 Å². The first-order valence-corrected chi connectivity index (χ1v) is 5.22. The van der Waals surface area contributed by atoms with Gasteiger partial charge in [-0.1, -0.05) is 22.0 Å². The molecule has 88 valence electrons. The molecule has 0 fully saturated rings. The fraction of sp³-hybridized carbons (Fsp3) is 0.300. The van der Waals surface area contributed by atoms with Crippen LogP contribution >= 0.6 is 15.9 Å². The van der Waals surface area contributed by atoms with Crippen molar-refractivity contribution in [1.29, 1.82) is 0 Å². The predicted octanol–water partition coefficient (Wildman–Crippen LogP) is 3.45. The molecule has 0 amide bonds. The van der Waals surface area contributed by atoms with Gasteiger partial charge in [-0.2, -0.15) is 8.78 Å². The van der Waals surface area contributed by atoms with Crippen molar-refractivity contribution >= 4 is 21.7 Å². The third kappa shape index (κ3) is 2.98. The number of hydrogen-bond donors (Lipinski definition) is 0. The molecule has 1 unspecified atom stereocenters. The molecule has 1 rings (SSSR count). The van der Waals surface area contributed by atoms with Gasteiger partial charge in [0.15, 0.2) is 0 Å². The standard InChI is InChI=1S/C10H8BrF3O2/c1-5(15)9(11)8-6(12)3-2-4-7(8)16-10(13)14/h2-4,9-10H,1H3. The molecule has 0 radical (unpaired) electrons. The number of halogens is 4. The molecule has 1 aromatic rings. The molecule has 0 saturated carbocycles. The van der Waals surface area contributed by atoms with Crippen LogP contribution in [0.4, 0.5) is 13.2 Å². The Bertz CT molecular complexity index is 396. The summed E-state index contributed by atoms with van der Waals surface area (Å²) in [5, 5.41) is 0. The normalized spacial score (nSPS) is 12.6. The van der Waals surface area contributed by atoms with Crippen LogP contribution in [-0.4, -0.2) is 12.4 Å². The second kappa shape index (κ2) is 5.34. The van der Waals surface area contributed by atoms with E-state index in [-0.39, 0.29) is 11.3 Å². The van der Waals surface area contributed by atoms with Crippen molar-refractivity contribution < 1.29 is 22.7 Å². The first-order valence-electron chi connectivity index (χ1n) is 4.31. The van der Waals surface area contributed by atoms with Crippen LogP contribution in [-0.2, 0) is 4.79 Å². The van der Waals surface area contributed by atoms with Crippen LogP contribution in [0.15, 0.2) is 18.2 Å². The van der Waals surface area contributed by atoms with Crippen LogP contribution < -0.4 is 4.74 Å². The van der Waals surface area contributed by atoms with Gasteiger partial charge in [-0.25, -0.2) is 4.39 Å². The molecule has 0 aliphatic carbocycles.